The molecule has 0 aliphatic carbocycles. The highest BCUT2D eigenvalue weighted by atomic mass is 16.2. The largest absolute Gasteiger partial charge is 0.348 e. The minimum atomic E-state index is -0.196. The van der Waals surface area contributed by atoms with E-state index in [4.69, 9.17) is 0 Å². The van der Waals surface area contributed by atoms with E-state index in [1.165, 1.54) is 0 Å². The molecule has 0 N–H and O–H groups in total. The molecule has 1 saturated heterocycles. The lowest BCUT2D eigenvalue weighted by Gasteiger charge is -2.32. The van der Waals surface area contributed by atoms with Gasteiger partial charge in [0.1, 0.15) is 23.8 Å². The maximum absolute atomic E-state index is 13.2. The molecular weight excluding hydrogens is 376 g/mol. The predicted octanol–water partition coefficient (Wildman–Crippen LogP) is 3.69. The van der Waals surface area contributed by atoms with Gasteiger partial charge in [0.25, 0.3) is 5.91 Å². The van der Waals surface area contributed by atoms with Gasteiger partial charge in [0, 0.05) is 43.5 Å². The number of carbonyl (C=O) groups is 1. The Morgan fingerprint density at radius 1 is 1.40 bits per heavy atom. The fourth-order valence-corrected chi connectivity index (χ4v) is 4.28. The number of likely N-dealkylation sites (tertiary alicyclic amines) is 1. The van der Waals surface area contributed by atoms with Gasteiger partial charge in [-0.05, 0) is 57.2 Å². The molecule has 1 fully saturated rings. The molecule has 1 amide bonds. The van der Waals surface area contributed by atoms with Gasteiger partial charge in [-0.2, -0.15) is 5.26 Å². The van der Waals surface area contributed by atoms with Crippen LogP contribution in [0.4, 0.5) is 0 Å². The first-order chi connectivity index (χ1) is 14.3. The van der Waals surface area contributed by atoms with Crippen LogP contribution in [-0.4, -0.2) is 43.2 Å². The van der Waals surface area contributed by atoms with Crippen molar-refractivity contribution in [2.45, 2.75) is 66.5 Å². The Morgan fingerprint density at radius 2 is 2.17 bits per heavy atom. The SMILES string of the molecule is CCn1cnnc1C1CCCN(C(=O)/C(C#N)=C/c2cc(C)n(CC(C)C)c2C)C1. The normalized spacial score (nSPS) is 17.4. The lowest BCUT2D eigenvalue weighted by atomic mass is 9.96. The van der Waals surface area contributed by atoms with Gasteiger partial charge < -0.3 is 14.0 Å². The first-order valence-electron chi connectivity index (χ1n) is 10.8. The molecule has 0 radical (unpaired) electrons. The molecule has 0 aromatic carbocycles. The van der Waals surface area contributed by atoms with Crippen molar-refractivity contribution in [3.8, 4) is 6.07 Å². The van der Waals surface area contributed by atoms with Crippen LogP contribution in [0.5, 0.6) is 0 Å². The van der Waals surface area contributed by atoms with Crippen LogP contribution < -0.4 is 0 Å². The molecule has 0 bridgehead atoms. The molecule has 3 heterocycles. The molecule has 7 heteroatoms. The van der Waals surface area contributed by atoms with Gasteiger partial charge in [-0.15, -0.1) is 10.2 Å². The summed E-state index contributed by atoms with van der Waals surface area (Å²) in [7, 11) is 0. The Bertz CT molecular complexity index is 974. The Morgan fingerprint density at radius 3 is 2.83 bits per heavy atom. The van der Waals surface area contributed by atoms with Crippen LogP contribution in [0.3, 0.4) is 0 Å². The van der Waals surface area contributed by atoms with Crippen molar-refractivity contribution in [1.29, 1.82) is 5.26 Å². The van der Waals surface area contributed by atoms with Crippen LogP contribution in [0, 0.1) is 31.1 Å². The fourth-order valence-electron chi connectivity index (χ4n) is 4.28. The zero-order chi connectivity index (χ0) is 21.8. The monoisotopic (exact) mass is 408 g/mol. The lowest BCUT2D eigenvalue weighted by molar-refractivity contribution is -0.127. The molecule has 3 rings (SSSR count). The number of aromatic nitrogens is 4. The molecule has 1 atom stereocenters. The second-order valence-electron chi connectivity index (χ2n) is 8.57. The number of nitrogens with zero attached hydrogens (tertiary/aromatic N) is 6. The molecule has 0 spiro atoms. The van der Waals surface area contributed by atoms with Crippen LogP contribution in [0.2, 0.25) is 0 Å². The summed E-state index contributed by atoms with van der Waals surface area (Å²) < 4.78 is 4.29. The average molecular weight is 409 g/mol. The topological polar surface area (TPSA) is 79.7 Å². The lowest BCUT2D eigenvalue weighted by Crippen LogP contribution is -2.40. The number of piperidine rings is 1. The maximum Gasteiger partial charge on any atom is 0.264 e. The predicted molar refractivity (Wildman–Crippen MR) is 117 cm³/mol. The third kappa shape index (κ3) is 4.48. The van der Waals surface area contributed by atoms with E-state index in [2.05, 4.69) is 61.5 Å². The molecule has 1 unspecified atom stereocenters. The molecule has 160 valence electrons. The van der Waals surface area contributed by atoms with E-state index in [1.54, 1.807) is 17.3 Å². The summed E-state index contributed by atoms with van der Waals surface area (Å²) in [5, 5.41) is 18.0. The summed E-state index contributed by atoms with van der Waals surface area (Å²) in [6, 6.07) is 4.20. The highest BCUT2D eigenvalue weighted by molar-refractivity contribution is 6.01. The van der Waals surface area contributed by atoms with Crippen molar-refractivity contribution < 1.29 is 4.79 Å². The summed E-state index contributed by atoms with van der Waals surface area (Å²) in [5.74, 6) is 1.41. The number of hydrogen-bond donors (Lipinski definition) is 0. The van der Waals surface area contributed by atoms with Crippen molar-refractivity contribution >= 4 is 12.0 Å². The van der Waals surface area contributed by atoms with E-state index in [0.717, 1.165) is 48.7 Å². The third-order valence-corrected chi connectivity index (χ3v) is 5.87. The zero-order valence-electron chi connectivity index (χ0n) is 18.7. The van der Waals surface area contributed by atoms with Gasteiger partial charge in [-0.25, -0.2) is 0 Å². The number of nitriles is 1. The smallest absolute Gasteiger partial charge is 0.264 e. The summed E-state index contributed by atoms with van der Waals surface area (Å²) in [6.45, 7) is 13.5. The molecular formula is C23H32N6O. The van der Waals surface area contributed by atoms with Gasteiger partial charge in [-0.3, -0.25) is 4.79 Å². The minimum absolute atomic E-state index is 0.154. The minimum Gasteiger partial charge on any atom is -0.348 e. The molecule has 7 nitrogen and oxygen atoms in total. The Kier molecular flexibility index (Phi) is 6.76. The molecule has 2 aromatic heterocycles. The van der Waals surface area contributed by atoms with E-state index < -0.39 is 0 Å². The van der Waals surface area contributed by atoms with Crippen LogP contribution in [0.25, 0.3) is 6.08 Å². The van der Waals surface area contributed by atoms with Gasteiger partial charge in [0.15, 0.2) is 0 Å². The first-order valence-corrected chi connectivity index (χ1v) is 10.8. The third-order valence-electron chi connectivity index (χ3n) is 5.87. The van der Waals surface area contributed by atoms with E-state index in [-0.39, 0.29) is 17.4 Å². The Balaban J connectivity index is 1.82. The molecule has 2 aromatic rings. The number of hydrogen-bond acceptors (Lipinski definition) is 4. The molecule has 1 aliphatic heterocycles. The average Bonchev–Trinajstić information content (AvgIpc) is 3.31. The van der Waals surface area contributed by atoms with E-state index >= 15 is 0 Å². The van der Waals surface area contributed by atoms with Crippen molar-refractivity contribution in [3.63, 3.8) is 0 Å². The highest BCUT2D eigenvalue weighted by Crippen LogP contribution is 2.27. The maximum atomic E-state index is 13.2. The molecule has 1 aliphatic rings. The summed E-state index contributed by atoms with van der Waals surface area (Å²) in [5.41, 5.74) is 3.37. The second-order valence-corrected chi connectivity index (χ2v) is 8.57. The number of rotatable bonds is 6. The van der Waals surface area contributed by atoms with Gasteiger partial charge >= 0.3 is 0 Å². The fraction of sp³-hybridized carbons (Fsp3) is 0.565. The van der Waals surface area contributed by atoms with Crippen molar-refractivity contribution in [2.75, 3.05) is 13.1 Å². The summed E-state index contributed by atoms with van der Waals surface area (Å²) in [6.07, 6.45) is 5.36. The van der Waals surface area contributed by atoms with Crippen LogP contribution in [-0.2, 0) is 17.9 Å². The first kappa shape index (κ1) is 21.8. The number of carbonyl (C=O) groups excluding carboxylic acids is 1. The summed E-state index contributed by atoms with van der Waals surface area (Å²) >= 11 is 0. The van der Waals surface area contributed by atoms with Crippen LogP contribution >= 0.6 is 0 Å². The van der Waals surface area contributed by atoms with E-state index in [1.807, 2.05) is 4.57 Å². The quantitative estimate of drug-likeness (QED) is 0.539. The molecule has 0 saturated carbocycles. The van der Waals surface area contributed by atoms with Gasteiger partial charge in [-0.1, -0.05) is 13.8 Å². The standard InChI is InChI=1S/C23H32N6O/c1-6-27-15-25-26-22(27)19-8-7-9-28(14-19)23(30)21(12-24)11-20-10-17(4)29(18(20)5)13-16(2)3/h10-11,15-16,19H,6-9,13-14H2,1-5H3/b21-11+. The number of aryl methyl sites for hydroxylation is 2. The zero-order valence-corrected chi connectivity index (χ0v) is 18.7. The Hall–Kier alpha value is -2.88. The van der Waals surface area contributed by atoms with Gasteiger partial charge in [0.2, 0.25) is 0 Å². The van der Waals surface area contributed by atoms with Crippen LogP contribution in [0.1, 0.15) is 62.3 Å². The van der Waals surface area contributed by atoms with Crippen molar-refractivity contribution in [2.24, 2.45) is 5.92 Å². The van der Waals surface area contributed by atoms with Crippen molar-refractivity contribution in [1.82, 2.24) is 24.2 Å². The van der Waals surface area contributed by atoms with Crippen molar-refractivity contribution in [3.05, 3.63) is 40.7 Å². The van der Waals surface area contributed by atoms with E-state index in [9.17, 15) is 10.1 Å². The van der Waals surface area contributed by atoms with Crippen LogP contribution in [0.15, 0.2) is 18.0 Å². The highest BCUT2D eigenvalue weighted by Gasteiger charge is 2.29. The van der Waals surface area contributed by atoms with Gasteiger partial charge in [0.05, 0.1) is 0 Å². The molecule has 30 heavy (non-hydrogen) atoms. The van der Waals surface area contributed by atoms with E-state index in [0.29, 0.717) is 19.0 Å². The summed E-state index contributed by atoms with van der Waals surface area (Å²) in [4.78, 5) is 15.0. The Labute approximate surface area is 179 Å². The number of amides is 1. The second kappa shape index (κ2) is 9.29.